The summed E-state index contributed by atoms with van der Waals surface area (Å²) in [7, 11) is 2.80. The number of carbonyl (C=O) groups excluding carboxylic acids is 2. The lowest BCUT2D eigenvalue weighted by molar-refractivity contribution is -0.144. The van der Waals surface area contributed by atoms with E-state index in [0.29, 0.717) is 24.9 Å². The van der Waals surface area contributed by atoms with E-state index in [-0.39, 0.29) is 24.0 Å². The third kappa shape index (κ3) is 10.4. The van der Waals surface area contributed by atoms with Crippen molar-refractivity contribution in [1.29, 1.82) is 0 Å². The third-order valence-corrected chi connectivity index (χ3v) is 3.52. The van der Waals surface area contributed by atoms with Gasteiger partial charge in [0.25, 0.3) is 0 Å². The second-order valence-corrected chi connectivity index (χ2v) is 6.70. The van der Waals surface area contributed by atoms with Crippen molar-refractivity contribution in [3.05, 3.63) is 12.2 Å². The van der Waals surface area contributed by atoms with Crippen LogP contribution in [0.3, 0.4) is 0 Å². The highest BCUT2D eigenvalue weighted by atomic mass is 16.5. The van der Waals surface area contributed by atoms with Crippen LogP contribution in [0.15, 0.2) is 12.2 Å². The van der Waals surface area contributed by atoms with Gasteiger partial charge in [0.1, 0.15) is 12.1 Å². The molecule has 0 aromatic heterocycles. The van der Waals surface area contributed by atoms with Crippen molar-refractivity contribution in [3.8, 4) is 0 Å². The minimum atomic E-state index is -0.295. The highest BCUT2D eigenvalue weighted by Crippen LogP contribution is 2.07. The number of esters is 2. The van der Waals surface area contributed by atoms with Crippen LogP contribution in [0.1, 0.15) is 40.5 Å². The van der Waals surface area contributed by atoms with Gasteiger partial charge in [-0.05, 0) is 24.7 Å². The summed E-state index contributed by atoms with van der Waals surface area (Å²) < 4.78 is 9.62. The van der Waals surface area contributed by atoms with Gasteiger partial charge in [0, 0.05) is 13.1 Å². The van der Waals surface area contributed by atoms with Gasteiger partial charge in [-0.15, -0.1) is 0 Å². The normalized spacial score (nSPS) is 14.2. The molecule has 140 valence electrons. The SMILES string of the molecule is COC(=O)C(CC(C)C)NC/C=C\CNC(CC(C)C)C(=O)OC. The summed E-state index contributed by atoms with van der Waals surface area (Å²) in [5, 5.41) is 6.35. The lowest BCUT2D eigenvalue weighted by atomic mass is 10.0. The predicted molar refractivity (Wildman–Crippen MR) is 95.7 cm³/mol. The zero-order valence-electron chi connectivity index (χ0n) is 15.9. The van der Waals surface area contributed by atoms with E-state index in [2.05, 4.69) is 38.3 Å². The maximum atomic E-state index is 11.7. The van der Waals surface area contributed by atoms with Gasteiger partial charge in [-0.1, -0.05) is 39.8 Å². The standard InChI is InChI=1S/C18H34N2O4/c1-13(2)11-15(17(21)23-5)19-9-7-8-10-20-16(12-14(3)4)18(22)24-6/h7-8,13-16,19-20H,9-12H2,1-6H3/b8-7-. The van der Waals surface area contributed by atoms with Crippen LogP contribution < -0.4 is 10.6 Å². The molecule has 0 aromatic rings. The van der Waals surface area contributed by atoms with Crippen LogP contribution in [-0.4, -0.2) is 51.3 Å². The van der Waals surface area contributed by atoms with E-state index in [4.69, 9.17) is 9.47 Å². The number of methoxy groups -OCH3 is 2. The fourth-order valence-corrected chi connectivity index (χ4v) is 2.34. The Labute approximate surface area is 146 Å². The van der Waals surface area contributed by atoms with E-state index in [1.54, 1.807) is 0 Å². The summed E-state index contributed by atoms with van der Waals surface area (Å²) >= 11 is 0. The zero-order chi connectivity index (χ0) is 18.5. The van der Waals surface area contributed by atoms with Crippen LogP contribution >= 0.6 is 0 Å². The topological polar surface area (TPSA) is 76.7 Å². The molecule has 0 rings (SSSR count). The first kappa shape index (κ1) is 22.6. The minimum absolute atomic E-state index is 0.238. The molecule has 0 aliphatic heterocycles. The van der Waals surface area contributed by atoms with Gasteiger partial charge in [0.15, 0.2) is 0 Å². The van der Waals surface area contributed by atoms with Crippen LogP contribution in [0.25, 0.3) is 0 Å². The molecule has 0 saturated carbocycles. The Morgan fingerprint density at radius 2 is 1.12 bits per heavy atom. The van der Waals surface area contributed by atoms with Crippen LogP contribution in [0.2, 0.25) is 0 Å². The van der Waals surface area contributed by atoms with Gasteiger partial charge in [0.2, 0.25) is 0 Å². The molecule has 2 atom stereocenters. The average Bonchev–Trinajstić information content (AvgIpc) is 2.53. The fraction of sp³-hybridized carbons (Fsp3) is 0.778. The van der Waals surface area contributed by atoms with E-state index in [1.807, 2.05) is 12.2 Å². The van der Waals surface area contributed by atoms with E-state index < -0.39 is 0 Å². The molecule has 0 aromatic carbocycles. The second-order valence-electron chi connectivity index (χ2n) is 6.70. The fourth-order valence-electron chi connectivity index (χ4n) is 2.34. The molecule has 6 nitrogen and oxygen atoms in total. The Morgan fingerprint density at radius 1 is 0.792 bits per heavy atom. The Hall–Kier alpha value is -1.40. The number of rotatable bonds is 12. The number of hydrogen-bond donors (Lipinski definition) is 2. The molecule has 0 fully saturated rings. The summed E-state index contributed by atoms with van der Waals surface area (Å²) in [5.41, 5.74) is 0. The van der Waals surface area contributed by atoms with Crippen LogP contribution in [-0.2, 0) is 19.1 Å². The Morgan fingerprint density at radius 3 is 1.38 bits per heavy atom. The van der Waals surface area contributed by atoms with Crippen molar-refractivity contribution in [2.75, 3.05) is 27.3 Å². The lowest BCUT2D eigenvalue weighted by Gasteiger charge is -2.18. The zero-order valence-corrected chi connectivity index (χ0v) is 15.9. The summed E-state index contributed by atoms with van der Waals surface area (Å²) in [4.78, 5) is 23.4. The van der Waals surface area contributed by atoms with Crippen LogP contribution in [0, 0.1) is 11.8 Å². The van der Waals surface area contributed by atoms with Crippen molar-refractivity contribution < 1.29 is 19.1 Å². The molecule has 24 heavy (non-hydrogen) atoms. The number of nitrogens with one attached hydrogen (secondary N) is 2. The number of ether oxygens (including phenoxy) is 2. The van der Waals surface area contributed by atoms with Crippen molar-refractivity contribution >= 4 is 11.9 Å². The van der Waals surface area contributed by atoms with Crippen molar-refractivity contribution in [1.82, 2.24) is 10.6 Å². The molecule has 0 bridgehead atoms. The highest BCUT2D eigenvalue weighted by Gasteiger charge is 2.20. The smallest absolute Gasteiger partial charge is 0.322 e. The van der Waals surface area contributed by atoms with E-state index in [0.717, 1.165) is 12.8 Å². The Bertz CT molecular complexity index is 358. The summed E-state index contributed by atoms with van der Waals surface area (Å²) in [6, 6.07) is -0.590. The molecule has 0 amide bonds. The van der Waals surface area contributed by atoms with Gasteiger partial charge in [0.05, 0.1) is 14.2 Å². The quantitative estimate of drug-likeness (QED) is 0.417. The molecule has 2 unspecified atom stereocenters. The second kappa shape index (κ2) is 13.0. The molecule has 0 radical (unpaired) electrons. The first-order valence-electron chi connectivity index (χ1n) is 8.59. The molecule has 0 heterocycles. The lowest BCUT2D eigenvalue weighted by Crippen LogP contribution is -2.39. The van der Waals surface area contributed by atoms with Crippen molar-refractivity contribution in [3.63, 3.8) is 0 Å². The Kier molecular flexibility index (Phi) is 12.2. The van der Waals surface area contributed by atoms with Gasteiger partial charge >= 0.3 is 11.9 Å². The van der Waals surface area contributed by atoms with E-state index in [1.165, 1.54) is 14.2 Å². The summed E-state index contributed by atoms with van der Waals surface area (Å²) in [5.74, 6) is 0.337. The largest absolute Gasteiger partial charge is 0.468 e. The number of carbonyl (C=O) groups is 2. The molecule has 2 N–H and O–H groups in total. The third-order valence-electron chi connectivity index (χ3n) is 3.52. The van der Waals surface area contributed by atoms with Gasteiger partial charge < -0.3 is 20.1 Å². The molecule has 6 heteroatoms. The molecule has 0 aliphatic rings. The average molecular weight is 342 g/mol. The minimum Gasteiger partial charge on any atom is -0.468 e. The molecular weight excluding hydrogens is 308 g/mol. The first-order valence-corrected chi connectivity index (χ1v) is 8.59. The summed E-state index contributed by atoms with van der Waals surface area (Å²) in [6.07, 6.45) is 5.34. The maximum Gasteiger partial charge on any atom is 0.322 e. The first-order chi connectivity index (χ1) is 11.3. The number of hydrogen-bond acceptors (Lipinski definition) is 6. The van der Waals surface area contributed by atoms with Crippen LogP contribution in [0.4, 0.5) is 0 Å². The van der Waals surface area contributed by atoms with Gasteiger partial charge in [-0.2, -0.15) is 0 Å². The van der Waals surface area contributed by atoms with Crippen LogP contribution in [0.5, 0.6) is 0 Å². The predicted octanol–water partition coefficient (Wildman–Crippen LogP) is 1.90. The molecular formula is C18H34N2O4. The van der Waals surface area contributed by atoms with Crippen molar-refractivity contribution in [2.45, 2.75) is 52.6 Å². The maximum absolute atomic E-state index is 11.7. The van der Waals surface area contributed by atoms with Gasteiger partial charge in [-0.25, -0.2) is 0 Å². The summed E-state index contributed by atoms with van der Waals surface area (Å²) in [6.45, 7) is 9.42. The molecule has 0 spiro atoms. The molecule has 0 aliphatic carbocycles. The molecule has 0 saturated heterocycles. The van der Waals surface area contributed by atoms with E-state index in [9.17, 15) is 9.59 Å². The van der Waals surface area contributed by atoms with Crippen molar-refractivity contribution in [2.24, 2.45) is 11.8 Å². The van der Waals surface area contributed by atoms with E-state index >= 15 is 0 Å². The van der Waals surface area contributed by atoms with Gasteiger partial charge in [-0.3, -0.25) is 9.59 Å². The Balaban J connectivity index is 4.25. The highest BCUT2D eigenvalue weighted by molar-refractivity contribution is 5.76. The monoisotopic (exact) mass is 342 g/mol.